The number of carbonyl (C=O) groups excluding carboxylic acids is 1. The Balaban J connectivity index is 3.28. The van der Waals surface area contributed by atoms with E-state index in [1.807, 2.05) is 34.6 Å². The molecule has 1 aromatic rings. The van der Waals surface area contributed by atoms with E-state index in [0.29, 0.717) is 36.7 Å². The topological polar surface area (TPSA) is 35.5 Å². The third-order valence-electron chi connectivity index (χ3n) is 3.68. The van der Waals surface area contributed by atoms with Crippen molar-refractivity contribution in [2.45, 2.75) is 59.8 Å². The predicted molar refractivity (Wildman–Crippen MR) is 90.8 cm³/mol. The number of hydrogen-bond donors (Lipinski definition) is 0. The zero-order valence-electron chi connectivity index (χ0n) is 14.9. The third-order valence-corrected chi connectivity index (χ3v) is 3.68. The summed E-state index contributed by atoms with van der Waals surface area (Å²) in [7, 11) is 0. The average molecular weight is 324 g/mol. The second-order valence-corrected chi connectivity index (χ2v) is 6.06. The highest BCUT2D eigenvalue weighted by atomic mass is 19.1. The van der Waals surface area contributed by atoms with Crippen molar-refractivity contribution in [2.75, 3.05) is 13.2 Å². The number of rotatable bonds is 10. The summed E-state index contributed by atoms with van der Waals surface area (Å²) in [4.78, 5) is 12.2. The molecule has 0 fully saturated rings. The molecule has 0 aromatic heterocycles. The molecule has 1 rings (SSSR count). The van der Waals surface area contributed by atoms with E-state index in [4.69, 9.17) is 9.47 Å². The molecule has 4 heteroatoms. The molecule has 0 aliphatic rings. The van der Waals surface area contributed by atoms with Crippen LogP contribution in [0.3, 0.4) is 0 Å². The van der Waals surface area contributed by atoms with Gasteiger partial charge in [-0.3, -0.25) is 4.79 Å². The zero-order chi connectivity index (χ0) is 17.4. The van der Waals surface area contributed by atoms with Crippen LogP contribution in [0.4, 0.5) is 4.39 Å². The summed E-state index contributed by atoms with van der Waals surface area (Å²) in [6.45, 7) is 10.7. The minimum atomic E-state index is -0.454. The lowest BCUT2D eigenvalue weighted by atomic mass is 9.83. The minimum Gasteiger partial charge on any atom is -0.490 e. The van der Waals surface area contributed by atoms with Crippen molar-refractivity contribution in [2.24, 2.45) is 5.92 Å². The Kier molecular flexibility index (Phi) is 8.07. The van der Waals surface area contributed by atoms with Crippen LogP contribution in [-0.2, 0) is 4.79 Å². The van der Waals surface area contributed by atoms with E-state index in [9.17, 15) is 9.18 Å². The summed E-state index contributed by atoms with van der Waals surface area (Å²) < 4.78 is 25.9. The predicted octanol–water partition coefficient (Wildman–Crippen LogP) is 5.12. The molecule has 0 N–H and O–H groups in total. The van der Waals surface area contributed by atoms with Gasteiger partial charge in [0.2, 0.25) is 0 Å². The molecule has 0 amide bonds. The highest BCUT2D eigenvalue weighted by molar-refractivity contribution is 5.86. The van der Waals surface area contributed by atoms with Crippen LogP contribution < -0.4 is 9.47 Å². The van der Waals surface area contributed by atoms with Crippen molar-refractivity contribution in [3.8, 4) is 11.5 Å². The fourth-order valence-corrected chi connectivity index (χ4v) is 2.56. The van der Waals surface area contributed by atoms with Crippen LogP contribution in [0.15, 0.2) is 12.1 Å². The summed E-state index contributed by atoms with van der Waals surface area (Å²) in [5.74, 6) is 0.143. The first-order chi connectivity index (χ1) is 11.0. The Labute approximate surface area is 139 Å². The smallest absolute Gasteiger partial charge is 0.164 e. The molecule has 1 aromatic carbocycles. The van der Waals surface area contributed by atoms with Gasteiger partial charge in [-0.25, -0.2) is 4.39 Å². The van der Waals surface area contributed by atoms with Crippen molar-refractivity contribution < 1.29 is 18.7 Å². The third kappa shape index (κ3) is 5.22. The lowest BCUT2D eigenvalue weighted by Gasteiger charge is -2.22. The number of halogens is 1. The maximum absolute atomic E-state index is 14.6. The summed E-state index contributed by atoms with van der Waals surface area (Å²) in [5, 5.41) is 0. The van der Waals surface area contributed by atoms with Gasteiger partial charge < -0.3 is 9.47 Å². The first-order valence-electron chi connectivity index (χ1n) is 8.57. The van der Waals surface area contributed by atoms with Gasteiger partial charge in [-0.1, -0.05) is 34.6 Å². The average Bonchev–Trinajstić information content (AvgIpc) is 2.52. The highest BCUT2D eigenvalue weighted by Gasteiger charge is 2.27. The molecule has 0 aliphatic carbocycles. The Hall–Kier alpha value is -1.58. The summed E-state index contributed by atoms with van der Waals surface area (Å²) in [6.07, 6.45) is 2.07. The molecule has 0 radical (unpaired) electrons. The molecule has 0 saturated heterocycles. The number of Topliss-reactive ketones (excluding diaryl/α,β-unsaturated/α-hetero) is 1. The van der Waals surface area contributed by atoms with Gasteiger partial charge in [0.1, 0.15) is 11.6 Å². The summed E-state index contributed by atoms with van der Waals surface area (Å²) in [6, 6.07) is 3.00. The van der Waals surface area contributed by atoms with E-state index >= 15 is 0 Å². The second kappa shape index (κ2) is 9.53. The van der Waals surface area contributed by atoms with Crippen molar-refractivity contribution in [3.05, 3.63) is 23.5 Å². The highest BCUT2D eigenvalue weighted by Crippen LogP contribution is 2.37. The van der Waals surface area contributed by atoms with Crippen LogP contribution in [0.25, 0.3) is 0 Å². The van der Waals surface area contributed by atoms with E-state index in [1.165, 1.54) is 6.07 Å². The molecule has 0 bridgehead atoms. The van der Waals surface area contributed by atoms with Gasteiger partial charge in [-0.15, -0.1) is 0 Å². The molecule has 0 aliphatic heterocycles. The van der Waals surface area contributed by atoms with Gasteiger partial charge in [0.05, 0.1) is 13.2 Å². The fourth-order valence-electron chi connectivity index (χ4n) is 2.56. The van der Waals surface area contributed by atoms with E-state index in [1.54, 1.807) is 6.07 Å². The zero-order valence-corrected chi connectivity index (χ0v) is 14.9. The largest absolute Gasteiger partial charge is 0.490 e. The van der Waals surface area contributed by atoms with Crippen molar-refractivity contribution in [1.29, 1.82) is 0 Å². The summed E-state index contributed by atoms with van der Waals surface area (Å²) >= 11 is 0. The monoisotopic (exact) mass is 324 g/mol. The standard InChI is InChI=1S/C19H29FO3/c1-6-9-22-17-11-14(19(13(4)5)16(21)8-3)15(20)12-18(17)23-10-7-2/h11-13,19H,6-10H2,1-5H3. The van der Waals surface area contributed by atoms with E-state index in [2.05, 4.69) is 0 Å². The molecule has 0 saturated carbocycles. The van der Waals surface area contributed by atoms with Crippen LogP contribution in [-0.4, -0.2) is 19.0 Å². The second-order valence-electron chi connectivity index (χ2n) is 6.06. The molecule has 0 spiro atoms. The number of carbonyl (C=O) groups is 1. The van der Waals surface area contributed by atoms with Crippen molar-refractivity contribution in [1.82, 2.24) is 0 Å². The number of ketones is 1. The van der Waals surface area contributed by atoms with Gasteiger partial charge in [0.15, 0.2) is 11.5 Å². The number of ether oxygens (including phenoxy) is 2. The van der Waals surface area contributed by atoms with Crippen LogP contribution >= 0.6 is 0 Å². The van der Waals surface area contributed by atoms with Crippen molar-refractivity contribution in [3.63, 3.8) is 0 Å². The quantitative estimate of drug-likeness (QED) is 0.599. The molecule has 3 nitrogen and oxygen atoms in total. The summed E-state index contributed by atoms with van der Waals surface area (Å²) in [5.41, 5.74) is 0.404. The first kappa shape index (κ1) is 19.5. The Morgan fingerprint density at radius 1 is 1.04 bits per heavy atom. The van der Waals surface area contributed by atoms with Crippen LogP contribution in [0.5, 0.6) is 11.5 Å². The molecule has 130 valence electrons. The molecule has 1 unspecified atom stereocenters. The SMILES string of the molecule is CCCOc1cc(F)c(C(C(=O)CC)C(C)C)cc1OCCC. The Bertz CT molecular complexity index is 512. The van der Waals surface area contributed by atoms with Gasteiger partial charge in [-0.05, 0) is 24.8 Å². The maximum atomic E-state index is 14.6. The first-order valence-corrected chi connectivity index (χ1v) is 8.57. The molecule has 23 heavy (non-hydrogen) atoms. The van der Waals surface area contributed by atoms with Gasteiger partial charge in [0.25, 0.3) is 0 Å². The van der Waals surface area contributed by atoms with E-state index < -0.39 is 11.7 Å². The van der Waals surface area contributed by atoms with Gasteiger partial charge in [0, 0.05) is 24.0 Å². The minimum absolute atomic E-state index is 0.0263. The van der Waals surface area contributed by atoms with Crippen LogP contribution in [0.1, 0.15) is 65.4 Å². The molecular weight excluding hydrogens is 295 g/mol. The molecule has 0 heterocycles. The lowest BCUT2D eigenvalue weighted by molar-refractivity contribution is -0.121. The fraction of sp³-hybridized carbons (Fsp3) is 0.632. The van der Waals surface area contributed by atoms with Crippen molar-refractivity contribution >= 4 is 5.78 Å². The van der Waals surface area contributed by atoms with E-state index in [0.717, 1.165) is 12.8 Å². The van der Waals surface area contributed by atoms with Gasteiger partial charge >= 0.3 is 0 Å². The Morgan fingerprint density at radius 3 is 2.00 bits per heavy atom. The van der Waals surface area contributed by atoms with E-state index in [-0.39, 0.29) is 11.7 Å². The lowest BCUT2D eigenvalue weighted by Crippen LogP contribution is -2.19. The number of hydrogen-bond acceptors (Lipinski definition) is 3. The molecular formula is C19H29FO3. The van der Waals surface area contributed by atoms with Gasteiger partial charge in [-0.2, -0.15) is 0 Å². The Morgan fingerprint density at radius 2 is 1.57 bits per heavy atom. The van der Waals surface area contributed by atoms with Crippen LogP contribution in [0.2, 0.25) is 0 Å². The normalized spacial score (nSPS) is 12.3. The van der Waals surface area contributed by atoms with Crippen LogP contribution in [0, 0.1) is 11.7 Å². The number of benzene rings is 1. The maximum Gasteiger partial charge on any atom is 0.164 e. The molecule has 1 atom stereocenters.